The van der Waals surface area contributed by atoms with Gasteiger partial charge in [0.15, 0.2) is 0 Å². The van der Waals surface area contributed by atoms with Gasteiger partial charge in [-0.3, -0.25) is 14.5 Å². The summed E-state index contributed by atoms with van der Waals surface area (Å²) in [5, 5.41) is -0.521. The SMILES string of the molecule is CCOc1cc(OCC)c(/C=C2/SC(=O)N([C@H](C)C(=O)OC)C2=O)cc1Br. The number of amides is 2. The predicted molar refractivity (Wildman–Crippen MR) is 106 cm³/mol. The summed E-state index contributed by atoms with van der Waals surface area (Å²) >= 11 is 4.20. The van der Waals surface area contributed by atoms with Gasteiger partial charge in [0.1, 0.15) is 17.5 Å². The van der Waals surface area contributed by atoms with Crippen LogP contribution in [0.2, 0.25) is 0 Å². The molecule has 1 saturated heterocycles. The molecule has 2 rings (SSSR count). The van der Waals surface area contributed by atoms with Crippen molar-refractivity contribution in [3.05, 3.63) is 27.1 Å². The molecule has 1 aliphatic rings. The predicted octanol–water partition coefficient (Wildman–Crippen LogP) is 3.84. The van der Waals surface area contributed by atoms with Crippen LogP contribution in [0.5, 0.6) is 11.5 Å². The number of rotatable bonds is 7. The molecule has 1 aromatic rings. The molecular formula is C18H20BrNO6S. The molecule has 0 saturated carbocycles. The van der Waals surface area contributed by atoms with Gasteiger partial charge in [0.2, 0.25) is 0 Å². The van der Waals surface area contributed by atoms with Crippen LogP contribution in [-0.2, 0) is 14.3 Å². The number of thioether (sulfide) groups is 1. The van der Waals surface area contributed by atoms with Gasteiger partial charge in [-0.25, -0.2) is 4.79 Å². The molecule has 1 aromatic carbocycles. The maximum atomic E-state index is 12.6. The Morgan fingerprint density at radius 2 is 1.85 bits per heavy atom. The summed E-state index contributed by atoms with van der Waals surface area (Å²) in [6.07, 6.45) is 1.57. The van der Waals surface area contributed by atoms with Gasteiger partial charge in [0, 0.05) is 11.6 Å². The van der Waals surface area contributed by atoms with E-state index in [4.69, 9.17) is 9.47 Å². The molecule has 7 nitrogen and oxygen atoms in total. The highest BCUT2D eigenvalue weighted by Crippen LogP contribution is 2.38. The van der Waals surface area contributed by atoms with E-state index in [-0.39, 0.29) is 4.91 Å². The first-order chi connectivity index (χ1) is 12.8. The lowest BCUT2D eigenvalue weighted by atomic mass is 10.1. The number of hydrogen-bond acceptors (Lipinski definition) is 7. The molecule has 1 heterocycles. The molecule has 0 aromatic heterocycles. The zero-order valence-electron chi connectivity index (χ0n) is 15.4. The molecule has 9 heteroatoms. The van der Waals surface area contributed by atoms with E-state index < -0.39 is 23.2 Å². The Morgan fingerprint density at radius 1 is 1.22 bits per heavy atom. The van der Waals surface area contributed by atoms with Crippen LogP contribution in [0.15, 0.2) is 21.5 Å². The van der Waals surface area contributed by atoms with Crippen LogP contribution in [0.4, 0.5) is 4.79 Å². The lowest BCUT2D eigenvalue weighted by Crippen LogP contribution is -2.42. The van der Waals surface area contributed by atoms with Gasteiger partial charge >= 0.3 is 5.97 Å². The zero-order chi connectivity index (χ0) is 20.1. The minimum Gasteiger partial charge on any atom is -0.493 e. The molecule has 0 spiro atoms. The molecule has 146 valence electrons. The first-order valence-electron chi connectivity index (χ1n) is 8.28. The van der Waals surface area contributed by atoms with E-state index >= 15 is 0 Å². The van der Waals surface area contributed by atoms with Crippen LogP contribution in [0, 0.1) is 0 Å². The van der Waals surface area contributed by atoms with Gasteiger partial charge in [0.05, 0.1) is 29.7 Å². The van der Waals surface area contributed by atoms with Crippen molar-refractivity contribution < 1.29 is 28.6 Å². The molecule has 0 bridgehead atoms. The number of esters is 1. The number of ether oxygens (including phenoxy) is 3. The average Bonchev–Trinajstić information content (AvgIpc) is 2.91. The summed E-state index contributed by atoms with van der Waals surface area (Å²) in [7, 11) is 1.21. The van der Waals surface area contributed by atoms with Crippen molar-refractivity contribution >= 4 is 50.9 Å². The third-order valence-corrected chi connectivity index (χ3v) is 5.21. The molecule has 2 amide bonds. The second-order valence-electron chi connectivity index (χ2n) is 5.44. The normalized spacial score (nSPS) is 16.6. The maximum absolute atomic E-state index is 12.6. The molecule has 1 fully saturated rings. The van der Waals surface area contributed by atoms with Crippen molar-refractivity contribution in [1.29, 1.82) is 0 Å². The third-order valence-electron chi connectivity index (χ3n) is 3.70. The topological polar surface area (TPSA) is 82.1 Å². The fourth-order valence-corrected chi connectivity index (χ4v) is 3.82. The summed E-state index contributed by atoms with van der Waals surface area (Å²) in [5.74, 6) is -0.0600. The second kappa shape index (κ2) is 9.27. The van der Waals surface area contributed by atoms with E-state index in [9.17, 15) is 14.4 Å². The summed E-state index contributed by atoms with van der Waals surface area (Å²) in [6, 6.07) is 2.49. The van der Waals surface area contributed by atoms with E-state index in [0.29, 0.717) is 34.7 Å². The number of imide groups is 1. The quantitative estimate of drug-likeness (QED) is 0.454. The molecule has 0 aliphatic carbocycles. The van der Waals surface area contributed by atoms with E-state index in [0.717, 1.165) is 16.7 Å². The number of carbonyl (C=O) groups is 3. The van der Waals surface area contributed by atoms with Crippen LogP contribution < -0.4 is 9.47 Å². The lowest BCUT2D eigenvalue weighted by molar-refractivity contribution is -0.148. The Bertz CT molecular complexity index is 794. The largest absolute Gasteiger partial charge is 0.493 e. The Balaban J connectivity index is 2.40. The smallest absolute Gasteiger partial charge is 0.328 e. The van der Waals surface area contributed by atoms with E-state index in [2.05, 4.69) is 20.7 Å². The van der Waals surface area contributed by atoms with Gasteiger partial charge in [-0.1, -0.05) is 0 Å². The first kappa shape index (κ1) is 21.3. The number of hydrogen-bond donors (Lipinski definition) is 0. The number of benzene rings is 1. The van der Waals surface area contributed by atoms with Crippen LogP contribution in [0.25, 0.3) is 6.08 Å². The van der Waals surface area contributed by atoms with Gasteiger partial charge in [0.25, 0.3) is 11.1 Å². The molecule has 27 heavy (non-hydrogen) atoms. The number of methoxy groups -OCH3 is 1. The molecule has 1 aliphatic heterocycles. The fourth-order valence-electron chi connectivity index (χ4n) is 2.44. The van der Waals surface area contributed by atoms with E-state index in [1.807, 2.05) is 13.8 Å². The van der Waals surface area contributed by atoms with Crippen molar-refractivity contribution in [2.75, 3.05) is 20.3 Å². The van der Waals surface area contributed by atoms with Crippen molar-refractivity contribution in [2.24, 2.45) is 0 Å². The molecule has 0 N–H and O–H groups in total. The minimum atomic E-state index is -0.994. The number of halogens is 1. The number of nitrogens with zero attached hydrogens (tertiary/aromatic N) is 1. The summed E-state index contributed by atoms with van der Waals surface area (Å²) < 4.78 is 16.5. The van der Waals surface area contributed by atoms with Crippen LogP contribution >= 0.6 is 27.7 Å². The maximum Gasteiger partial charge on any atom is 0.328 e. The number of carbonyl (C=O) groups excluding carboxylic acids is 3. The lowest BCUT2D eigenvalue weighted by Gasteiger charge is -2.18. The standard InChI is InChI=1S/C18H20BrNO6S/c1-5-25-13-9-14(26-6-2)12(19)7-11(13)8-15-16(21)20(18(23)27-15)10(3)17(22)24-4/h7-10H,5-6H2,1-4H3/b15-8+/t10-/m1/s1. The van der Waals surface area contributed by atoms with Crippen molar-refractivity contribution in [3.8, 4) is 11.5 Å². The summed E-state index contributed by atoms with van der Waals surface area (Å²) in [5.41, 5.74) is 0.614. The fraction of sp³-hybridized carbons (Fsp3) is 0.389. The van der Waals surface area contributed by atoms with Crippen LogP contribution in [0.1, 0.15) is 26.3 Å². The summed E-state index contributed by atoms with van der Waals surface area (Å²) in [4.78, 5) is 37.7. The highest BCUT2D eigenvalue weighted by Gasteiger charge is 2.41. The zero-order valence-corrected chi connectivity index (χ0v) is 17.8. The van der Waals surface area contributed by atoms with Gasteiger partial charge < -0.3 is 14.2 Å². The second-order valence-corrected chi connectivity index (χ2v) is 7.28. The Hall–Kier alpha value is -2.00. The Kier molecular flexibility index (Phi) is 7.32. The highest BCUT2D eigenvalue weighted by atomic mass is 79.9. The molecule has 0 radical (unpaired) electrons. The Labute approximate surface area is 170 Å². The van der Waals surface area contributed by atoms with Crippen molar-refractivity contribution in [2.45, 2.75) is 26.8 Å². The molecule has 1 atom stereocenters. The molecular weight excluding hydrogens is 438 g/mol. The third kappa shape index (κ3) is 4.65. The van der Waals surface area contributed by atoms with Crippen molar-refractivity contribution in [1.82, 2.24) is 4.90 Å². The van der Waals surface area contributed by atoms with Gasteiger partial charge in [-0.05, 0) is 60.6 Å². The van der Waals surface area contributed by atoms with Crippen molar-refractivity contribution in [3.63, 3.8) is 0 Å². The molecule has 0 unspecified atom stereocenters. The minimum absolute atomic E-state index is 0.202. The average molecular weight is 458 g/mol. The summed E-state index contributed by atoms with van der Waals surface area (Å²) in [6.45, 7) is 6.09. The van der Waals surface area contributed by atoms with Gasteiger partial charge in [-0.2, -0.15) is 0 Å². The van der Waals surface area contributed by atoms with Crippen LogP contribution in [-0.4, -0.2) is 48.4 Å². The van der Waals surface area contributed by atoms with Gasteiger partial charge in [-0.15, -0.1) is 0 Å². The first-order valence-corrected chi connectivity index (χ1v) is 9.88. The van der Waals surface area contributed by atoms with E-state index in [1.54, 1.807) is 18.2 Å². The monoisotopic (exact) mass is 457 g/mol. The highest BCUT2D eigenvalue weighted by molar-refractivity contribution is 9.10. The van der Waals surface area contributed by atoms with E-state index in [1.165, 1.54) is 14.0 Å². The Morgan fingerprint density at radius 3 is 2.44 bits per heavy atom. The van der Waals surface area contributed by atoms with Crippen LogP contribution in [0.3, 0.4) is 0 Å².